The molecule has 1 heterocycles. The van der Waals surface area contributed by atoms with Crippen molar-refractivity contribution in [3.63, 3.8) is 0 Å². The largest absolute Gasteiger partial charge is 0.508 e. The number of methoxy groups -OCH3 is 1. The molecule has 2 atom stereocenters. The number of hydrogen-bond acceptors (Lipinski definition) is 5. The van der Waals surface area contributed by atoms with E-state index in [1.165, 1.54) is 0 Å². The number of phenolic OH excluding ortho intramolecular Hbond substituents is 1. The summed E-state index contributed by atoms with van der Waals surface area (Å²) in [5.41, 5.74) is 5.71. The summed E-state index contributed by atoms with van der Waals surface area (Å²) >= 11 is 0. The Bertz CT molecular complexity index is 1150. The standard InChI is InChI=1S/C26H24N2O3/c1-31-20-12-8-16(9-13-20)18-14-23-25(24(30)15-18)26(17-6-10-19(29)11-7-17)28-22-5-3-2-4-21(22)27-23/h2-13,18,26-29H,14-15H2,1H3/t18-,26-/m1/s1. The lowest BCUT2D eigenvalue weighted by Crippen LogP contribution is -2.26. The molecule has 0 saturated carbocycles. The number of carbonyl (C=O) groups is 1. The van der Waals surface area contributed by atoms with E-state index < -0.39 is 0 Å². The van der Waals surface area contributed by atoms with Gasteiger partial charge in [-0.05, 0) is 59.9 Å². The third-order valence-corrected chi connectivity index (χ3v) is 6.12. The summed E-state index contributed by atoms with van der Waals surface area (Å²) in [4.78, 5) is 13.5. The first kappa shape index (κ1) is 19.2. The molecule has 3 aromatic carbocycles. The van der Waals surface area contributed by atoms with Gasteiger partial charge in [-0.25, -0.2) is 0 Å². The van der Waals surface area contributed by atoms with E-state index in [1.807, 2.05) is 60.7 Å². The van der Waals surface area contributed by atoms with E-state index >= 15 is 0 Å². The summed E-state index contributed by atoms with van der Waals surface area (Å²) in [6.07, 6.45) is 1.21. The fraction of sp³-hybridized carbons (Fsp3) is 0.192. The van der Waals surface area contributed by atoms with E-state index in [9.17, 15) is 9.90 Å². The van der Waals surface area contributed by atoms with E-state index in [0.717, 1.165) is 45.9 Å². The van der Waals surface area contributed by atoms with Gasteiger partial charge in [0.15, 0.2) is 5.78 Å². The number of allylic oxidation sites excluding steroid dienone is 1. The second-order valence-corrected chi connectivity index (χ2v) is 8.03. The lowest BCUT2D eigenvalue weighted by atomic mass is 9.78. The molecular formula is C26H24N2O3. The Kier molecular flexibility index (Phi) is 4.86. The highest BCUT2D eigenvalue weighted by molar-refractivity contribution is 6.01. The first-order valence-electron chi connectivity index (χ1n) is 10.4. The zero-order chi connectivity index (χ0) is 21.4. The molecule has 0 aromatic heterocycles. The van der Waals surface area contributed by atoms with Crippen molar-refractivity contribution < 1.29 is 14.6 Å². The quantitative estimate of drug-likeness (QED) is 0.539. The molecule has 2 aliphatic rings. The second-order valence-electron chi connectivity index (χ2n) is 8.03. The number of ketones is 1. The van der Waals surface area contributed by atoms with Crippen LogP contribution in [0.2, 0.25) is 0 Å². The number of anilines is 2. The zero-order valence-electron chi connectivity index (χ0n) is 17.3. The number of phenols is 1. The first-order valence-corrected chi connectivity index (χ1v) is 10.4. The van der Waals surface area contributed by atoms with Gasteiger partial charge in [0.2, 0.25) is 0 Å². The van der Waals surface area contributed by atoms with E-state index in [4.69, 9.17) is 4.74 Å². The Balaban J connectivity index is 1.57. The van der Waals surface area contributed by atoms with Crippen molar-refractivity contribution in [1.29, 1.82) is 0 Å². The first-order chi connectivity index (χ1) is 15.1. The molecule has 5 heteroatoms. The third kappa shape index (κ3) is 3.63. The van der Waals surface area contributed by atoms with Crippen LogP contribution >= 0.6 is 0 Å². The van der Waals surface area contributed by atoms with Crippen LogP contribution in [0.25, 0.3) is 0 Å². The summed E-state index contributed by atoms with van der Waals surface area (Å²) < 4.78 is 5.28. The number of aromatic hydroxyl groups is 1. The second kappa shape index (κ2) is 7.84. The number of carbonyl (C=O) groups excluding carboxylic acids is 1. The number of fused-ring (bicyclic) bond motifs is 1. The number of rotatable bonds is 3. The molecule has 0 radical (unpaired) electrons. The van der Waals surface area contributed by atoms with Crippen molar-refractivity contribution in [1.82, 2.24) is 0 Å². The summed E-state index contributed by atoms with van der Waals surface area (Å²) in [6.45, 7) is 0. The Morgan fingerprint density at radius 1 is 0.871 bits per heavy atom. The molecule has 1 aliphatic carbocycles. The average molecular weight is 412 g/mol. The van der Waals surface area contributed by atoms with Crippen LogP contribution in [0.3, 0.4) is 0 Å². The maximum atomic E-state index is 13.5. The van der Waals surface area contributed by atoms with E-state index in [2.05, 4.69) is 10.6 Å². The smallest absolute Gasteiger partial charge is 0.163 e. The normalized spacial score (nSPS) is 20.1. The minimum Gasteiger partial charge on any atom is -0.508 e. The van der Waals surface area contributed by atoms with Crippen molar-refractivity contribution in [3.8, 4) is 11.5 Å². The van der Waals surface area contributed by atoms with Crippen molar-refractivity contribution in [2.24, 2.45) is 0 Å². The van der Waals surface area contributed by atoms with Crippen LogP contribution in [0.15, 0.2) is 84.1 Å². The molecule has 156 valence electrons. The van der Waals surface area contributed by atoms with E-state index in [1.54, 1.807) is 19.2 Å². The van der Waals surface area contributed by atoms with Crippen molar-refractivity contribution >= 4 is 17.2 Å². The van der Waals surface area contributed by atoms with Crippen molar-refractivity contribution in [3.05, 3.63) is 95.2 Å². The van der Waals surface area contributed by atoms with Gasteiger partial charge in [-0.1, -0.05) is 36.4 Å². The van der Waals surface area contributed by atoms with Gasteiger partial charge in [0, 0.05) is 17.7 Å². The molecule has 5 rings (SSSR count). The maximum Gasteiger partial charge on any atom is 0.163 e. The van der Waals surface area contributed by atoms with Crippen LogP contribution in [0.4, 0.5) is 11.4 Å². The molecule has 1 aliphatic heterocycles. The molecular weight excluding hydrogens is 388 g/mol. The number of nitrogens with one attached hydrogen (secondary N) is 2. The van der Waals surface area contributed by atoms with Gasteiger partial charge in [-0.2, -0.15) is 0 Å². The number of para-hydroxylation sites is 2. The van der Waals surface area contributed by atoms with Gasteiger partial charge in [0.05, 0.1) is 24.5 Å². The highest BCUT2D eigenvalue weighted by Crippen LogP contribution is 2.44. The van der Waals surface area contributed by atoms with Crippen LogP contribution in [-0.2, 0) is 4.79 Å². The van der Waals surface area contributed by atoms with E-state index in [0.29, 0.717) is 6.42 Å². The minimum atomic E-state index is -0.281. The molecule has 0 saturated heterocycles. The van der Waals surface area contributed by atoms with Gasteiger partial charge >= 0.3 is 0 Å². The van der Waals surface area contributed by atoms with Crippen molar-refractivity contribution in [2.45, 2.75) is 24.8 Å². The number of ether oxygens (including phenoxy) is 1. The Labute approximate surface area is 181 Å². The van der Waals surface area contributed by atoms with Gasteiger partial charge in [-0.15, -0.1) is 0 Å². The lowest BCUT2D eigenvalue weighted by Gasteiger charge is -2.30. The number of benzene rings is 3. The molecule has 0 amide bonds. The topological polar surface area (TPSA) is 70.6 Å². The van der Waals surface area contributed by atoms with Crippen LogP contribution in [0.1, 0.15) is 35.9 Å². The highest BCUT2D eigenvalue weighted by Gasteiger charge is 2.36. The van der Waals surface area contributed by atoms with Crippen molar-refractivity contribution in [2.75, 3.05) is 17.7 Å². The van der Waals surface area contributed by atoms with Crippen LogP contribution in [0.5, 0.6) is 11.5 Å². The molecule has 5 nitrogen and oxygen atoms in total. The zero-order valence-corrected chi connectivity index (χ0v) is 17.3. The van der Waals surface area contributed by atoms with Crippen LogP contribution in [-0.4, -0.2) is 18.0 Å². The Morgan fingerprint density at radius 2 is 1.55 bits per heavy atom. The lowest BCUT2D eigenvalue weighted by molar-refractivity contribution is -0.116. The molecule has 3 aromatic rings. The van der Waals surface area contributed by atoms with Gasteiger partial charge in [0.1, 0.15) is 11.5 Å². The predicted octanol–water partition coefficient (Wildman–Crippen LogP) is 5.38. The summed E-state index contributed by atoms with van der Waals surface area (Å²) in [7, 11) is 1.65. The SMILES string of the molecule is COc1ccc([C@H]2CC(=O)C3=C(C2)Nc2ccccc2N[C@@H]3c2ccc(O)cc2)cc1. The van der Waals surface area contributed by atoms with Gasteiger partial charge in [0.25, 0.3) is 0 Å². The molecule has 3 N–H and O–H groups in total. The number of Topliss-reactive ketones (excluding diaryl/α,β-unsaturated/α-hetero) is 1. The monoisotopic (exact) mass is 412 g/mol. The number of hydrogen-bond donors (Lipinski definition) is 3. The maximum absolute atomic E-state index is 13.5. The fourth-order valence-corrected chi connectivity index (χ4v) is 4.52. The van der Waals surface area contributed by atoms with Crippen LogP contribution < -0.4 is 15.4 Å². The van der Waals surface area contributed by atoms with Crippen LogP contribution in [0, 0.1) is 0 Å². The highest BCUT2D eigenvalue weighted by atomic mass is 16.5. The average Bonchev–Trinajstić information content (AvgIpc) is 2.96. The summed E-state index contributed by atoms with van der Waals surface area (Å²) in [5.74, 6) is 1.26. The molecule has 0 spiro atoms. The summed E-state index contributed by atoms with van der Waals surface area (Å²) in [5, 5.41) is 16.8. The summed E-state index contributed by atoms with van der Waals surface area (Å²) in [6, 6.07) is 22.8. The van der Waals surface area contributed by atoms with E-state index in [-0.39, 0.29) is 23.5 Å². The minimum absolute atomic E-state index is 0.107. The fourth-order valence-electron chi connectivity index (χ4n) is 4.52. The van der Waals surface area contributed by atoms with Gasteiger partial charge in [-0.3, -0.25) is 4.79 Å². The van der Waals surface area contributed by atoms with Gasteiger partial charge < -0.3 is 20.5 Å². The predicted molar refractivity (Wildman–Crippen MR) is 122 cm³/mol. The molecule has 0 unspecified atom stereocenters. The Hall–Kier alpha value is -3.73. The molecule has 0 fully saturated rings. The molecule has 31 heavy (non-hydrogen) atoms. The Morgan fingerprint density at radius 3 is 2.26 bits per heavy atom. The third-order valence-electron chi connectivity index (χ3n) is 6.12. The molecule has 0 bridgehead atoms.